The third-order valence-corrected chi connectivity index (χ3v) is 6.11. The first-order valence-electron chi connectivity index (χ1n) is 11.1. The van der Waals surface area contributed by atoms with Crippen LogP contribution in [0.4, 0.5) is 10.9 Å². The minimum atomic E-state index is -0.153. The molecule has 0 spiro atoms. The summed E-state index contributed by atoms with van der Waals surface area (Å²) >= 11 is 1.48. The predicted octanol–water partition coefficient (Wildman–Crippen LogP) is 3.56. The van der Waals surface area contributed by atoms with Crippen molar-refractivity contribution in [2.24, 2.45) is 0 Å². The minimum absolute atomic E-state index is 0.00879. The van der Waals surface area contributed by atoms with Gasteiger partial charge in [0.2, 0.25) is 16.0 Å². The molecule has 0 bridgehead atoms. The summed E-state index contributed by atoms with van der Waals surface area (Å²) in [6.45, 7) is 14.3. The Bertz CT molecular complexity index is 1020. The standard InChI is InChI=1S/C23H35N7OS/c1-7-29(8-2)15-14-24-18(31)16-28(6)22-27-30-20(26-23(3,4)5)19(25-21(30)32-22)17-12-10-9-11-13-17/h9-13,26H,7-8,14-16H2,1-6H3,(H,24,31). The van der Waals surface area contributed by atoms with E-state index in [0.717, 1.165) is 46.8 Å². The topological polar surface area (TPSA) is 77.8 Å². The lowest BCUT2D eigenvalue weighted by Gasteiger charge is -2.22. The molecule has 1 amide bonds. The van der Waals surface area contributed by atoms with E-state index in [1.807, 2.05) is 34.7 Å². The smallest absolute Gasteiger partial charge is 0.239 e. The van der Waals surface area contributed by atoms with Gasteiger partial charge in [-0.05, 0) is 33.9 Å². The van der Waals surface area contributed by atoms with Crippen LogP contribution in [0, 0.1) is 0 Å². The molecule has 2 heterocycles. The zero-order valence-corrected chi connectivity index (χ0v) is 20.8. The van der Waals surface area contributed by atoms with Crippen LogP contribution in [0.5, 0.6) is 0 Å². The second-order valence-corrected chi connectivity index (χ2v) is 9.80. The van der Waals surface area contributed by atoms with Gasteiger partial charge in [-0.25, -0.2) is 4.98 Å². The summed E-state index contributed by atoms with van der Waals surface area (Å²) in [6, 6.07) is 10.1. The molecular formula is C23H35N7OS. The maximum atomic E-state index is 12.4. The monoisotopic (exact) mass is 457 g/mol. The van der Waals surface area contributed by atoms with E-state index in [0.29, 0.717) is 6.54 Å². The van der Waals surface area contributed by atoms with E-state index in [1.54, 1.807) is 0 Å². The zero-order valence-electron chi connectivity index (χ0n) is 20.0. The number of aromatic nitrogens is 3. The van der Waals surface area contributed by atoms with Gasteiger partial charge in [-0.15, -0.1) is 5.10 Å². The second kappa shape index (κ2) is 10.3. The molecule has 0 saturated heterocycles. The fraction of sp³-hybridized carbons (Fsp3) is 0.522. The number of hydrogen-bond donors (Lipinski definition) is 2. The third-order valence-electron chi connectivity index (χ3n) is 5.09. The molecular weight excluding hydrogens is 422 g/mol. The van der Waals surface area contributed by atoms with Crippen molar-refractivity contribution in [3.63, 3.8) is 0 Å². The summed E-state index contributed by atoms with van der Waals surface area (Å²) in [5.41, 5.74) is 1.77. The molecule has 0 aliphatic carbocycles. The Morgan fingerprint density at radius 1 is 1.16 bits per heavy atom. The molecule has 0 aliphatic heterocycles. The number of nitrogens with zero attached hydrogens (tertiary/aromatic N) is 5. The molecule has 3 rings (SSSR count). The lowest BCUT2D eigenvalue weighted by molar-refractivity contribution is -0.119. The summed E-state index contributed by atoms with van der Waals surface area (Å²) < 4.78 is 1.85. The lowest BCUT2D eigenvalue weighted by atomic mass is 10.1. The van der Waals surface area contributed by atoms with E-state index in [-0.39, 0.29) is 18.0 Å². The second-order valence-electron chi connectivity index (χ2n) is 8.86. The molecule has 2 aromatic heterocycles. The number of anilines is 2. The fourth-order valence-corrected chi connectivity index (χ4v) is 4.25. The average molecular weight is 458 g/mol. The molecule has 0 radical (unpaired) electrons. The van der Waals surface area contributed by atoms with Crippen LogP contribution in [0.25, 0.3) is 16.2 Å². The summed E-state index contributed by atoms with van der Waals surface area (Å²) in [6.07, 6.45) is 0. The molecule has 0 aliphatic rings. The molecule has 0 fully saturated rings. The highest BCUT2D eigenvalue weighted by Crippen LogP contribution is 2.34. The number of benzene rings is 1. The summed E-state index contributed by atoms with van der Waals surface area (Å²) in [4.78, 5) is 22.2. The zero-order chi connectivity index (χ0) is 23.3. The molecule has 2 N–H and O–H groups in total. The van der Waals surface area contributed by atoms with Gasteiger partial charge in [0, 0.05) is 31.2 Å². The van der Waals surface area contributed by atoms with Crippen molar-refractivity contribution in [3.8, 4) is 11.3 Å². The van der Waals surface area contributed by atoms with Crippen molar-refractivity contribution in [2.75, 3.05) is 50.0 Å². The molecule has 0 unspecified atom stereocenters. The summed E-state index contributed by atoms with van der Waals surface area (Å²) in [5.74, 6) is 0.851. The van der Waals surface area contributed by atoms with Gasteiger partial charge < -0.3 is 20.4 Å². The van der Waals surface area contributed by atoms with Crippen LogP contribution in [-0.4, -0.2) is 70.7 Å². The number of carbonyl (C=O) groups is 1. The molecule has 1 aromatic carbocycles. The molecule has 8 nitrogen and oxygen atoms in total. The molecule has 0 atom stereocenters. The van der Waals surface area contributed by atoms with E-state index in [1.165, 1.54) is 11.3 Å². The first kappa shape index (κ1) is 24.0. The van der Waals surface area contributed by atoms with E-state index in [2.05, 4.69) is 62.3 Å². The van der Waals surface area contributed by atoms with Gasteiger partial charge in [0.05, 0.1) is 6.54 Å². The van der Waals surface area contributed by atoms with Crippen molar-refractivity contribution in [1.82, 2.24) is 24.8 Å². The number of hydrogen-bond acceptors (Lipinski definition) is 7. The number of fused-ring (bicyclic) bond motifs is 1. The quantitative estimate of drug-likeness (QED) is 0.485. The van der Waals surface area contributed by atoms with Crippen molar-refractivity contribution >= 4 is 33.2 Å². The van der Waals surface area contributed by atoms with Gasteiger partial charge in [0.15, 0.2) is 5.82 Å². The van der Waals surface area contributed by atoms with E-state index in [9.17, 15) is 4.79 Å². The molecule has 174 valence electrons. The van der Waals surface area contributed by atoms with Crippen molar-refractivity contribution in [2.45, 2.75) is 40.2 Å². The van der Waals surface area contributed by atoms with Crippen LogP contribution in [0.15, 0.2) is 30.3 Å². The third kappa shape index (κ3) is 5.98. The number of carbonyl (C=O) groups excluding carboxylic acids is 1. The first-order valence-corrected chi connectivity index (χ1v) is 12.0. The molecule has 9 heteroatoms. The van der Waals surface area contributed by atoms with Gasteiger partial charge in [-0.2, -0.15) is 4.52 Å². The largest absolute Gasteiger partial charge is 0.364 e. The van der Waals surface area contributed by atoms with Gasteiger partial charge in [0.1, 0.15) is 5.69 Å². The Labute approximate surface area is 194 Å². The highest BCUT2D eigenvalue weighted by Gasteiger charge is 2.23. The minimum Gasteiger partial charge on any atom is -0.364 e. The highest BCUT2D eigenvalue weighted by atomic mass is 32.1. The summed E-state index contributed by atoms with van der Waals surface area (Å²) in [7, 11) is 1.89. The lowest BCUT2D eigenvalue weighted by Crippen LogP contribution is -2.39. The Hall–Kier alpha value is -2.65. The van der Waals surface area contributed by atoms with Crippen LogP contribution in [0.2, 0.25) is 0 Å². The van der Waals surface area contributed by atoms with Crippen LogP contribution >= 0.6 is 11.3 Å². The SMILES string of the molecule is CCN(CC)CCNC(=O)CN(C)c1nn2c(NC(C)(C)C)c(-c3ccccc3)nc2s1. The van der Waals surface area contributed by atoms with E-state index >= 15 is 0 Å². The number of nitrogens with one attached hydrogen (secondary N) is 2. The number of rotatable bonds is 10. The number of imidazole rings is 1. The van der Waals surface area contributed by atoms with Crippen molar-refractivity contribution in [3.05, 3.63) is 30.3 Å². The van der Waals surface area contributed by atoms with Crippen molar-refractivity contribution in [1.29, 1.82) is 0 Å². The van der Waals surface area contributed by atoms with E-state index in [4.69, 9.17) is 10.1 Å². The van der Waals surface area contributed by atoms with Gasteiger partial charge >= 0.3 is 0 Å². The van der Waals surface area contributed by atoms with Gasteiger partial charge in [0.25, 0.3) is 0 Å². The Morgan fingerprint density at radius 3 is 2.47 bits per heavy atom. The molecule has 3 aromatic rings. The fourth-order valence-electron chi connectivity index (χ4n) is 3.39. The maximum absolute atomic E-state index is 12.4. The normalized spacial score (nSPS) is 11.8. The van der Waals surface area contributed by atoms with Crippen LogP contribution < -0.4 is 15.5 Å². The highest BCUT2D eigenvalue weighted by molar-refractivity contribution is 7.20. The van der Waals surface area contributed by atoms with Gasteiger partial charge in [-0.1, -0.05) is 55.5 Å². The van der Waals surface area contributed by atoms with Crippen LogP contribution in [0.3, 0.4) is 0 Å². The summed E-state index contributed by atoms with van der Waals surface area (Å²) in [5, 5.41) is 12.1. The Balaban J connectivity index is 1.76. The number of amides is 1. The van der Waals surface area contributed by atoms with Crippen LogP contribution in [-0.2, 0) is 4.79 Å². The first-order chi connectivity index (χ1) is 15.2. The van der Waals surface area contributed by atoms with Gasteiger partial charge in [-0.3, -0.25) is 4.79 Å². The number of likely N-dealkylation sites (N-methyl/N-ethyl adjacent to an activating group) is 2. The Kier molecular flexibility index (Phi) is 7.73. The molecule has 0 saturated carbocycles. The molecule has 32 heavy (non-hydrogen) atoms. The van der Waals surface area contributed by atoms with Crippen molar-refractivity contribution < 1.29 is 4.79 Å². The maximum Gasteiger partial charge on any atom is 0.239 e. The van der Waals surface area contributed by atoms with Crippen LogP contribution in [0.1, 0.15) is 34.6 Å². The Morgan fingerprint density at radius 2 is 1.84 bits per heavy atom. The van der Waals surface area contributed by atoms with E-state index < -0.39 is 0 Å². The average Bonchev–Trinajstić information content (AvgIpc) is 3.30. The predicted molar refractivity (Wildman–Crippen MR) is 134 cm³/mol.